The number of alkyl halides is 1. The zero-order valence-corrected chi connectivity index (χ0v) is 20.5. The number of rotatable bonds is 7. The summed E-state index contributed by atoms with van der Waals surface area (Å²) in [7, 11) is -3.17. The molecule has 3 aliphatic rings. The summed E-state index contributed by atoms with van der Waals surface area (Å²) < 4.78 is 47.3. The molecule has 1 saturated carbocycles. The Morgan fingerprint density at radius 2 is 2.06 bits per heavy atom. The molecule has 5 heterocycles. The number of hydrogen-bond donors (Lipinski definition) is 0. The van der Waals surface area contributed by atoms with E-state index in [-0.39, 0.29) is 29.8 Å². The summed E-state index contributed by atoms with van der Waals surface area (Å²) in [5.41, 5.74) is -0.578. The number of ether oxygens (including phenoxy) is 1. The topological polar surface area (TPSA) is 138 Å². The van der Waals surface area contributed by atoms with Crippen LogP contribution >= 0.6 is 0 Å². The summed E-state index contributed by atoms with van der Waals surface area (Å²) in [6.45, 7) is 1.21. The van der Waals surface area contributed by atoms with E-state index in [4.69, 9.17) is 4.74 Å². The van der Waals surface area contributed by atoms with Gasteiger partial charge in [0.15, 0.2) is 21.3 Å². The first-order valence-electron chi connectivity index (χ1n) is 12.0. The number of nitrogens with zero attached hydrogens (tertiary/aromatic N) is 7. The molecule has 192 valence electrons. The Balaban J connectivity index is 1.40. The number of anilines is 1. The zero-order chi connectivity index (χ0) is 25.2. The van der Waals surface area contributed by atoms with Crippen LogP contribution in [0.4, 0.5) is 15.9 Å². The van der Waals surface area contributed by atoms with Crippen LogP contribution in [-0.2, 0) is 21.1 Å². The van der Waals surface area contributed by atoms with Gasteiger partial charge in [-0.05, 0) is 38.2 Å². The third kappa shape index (κ3) is 4.11. The Labute approximate surface area is 206 Å². The van der Waals surface area contributed by atoms with Crippen LogP contribution in [0.25, 0.3) is 22.3 Å². The van der Waals surface area contributed by atoms with E-state index in [2.05, 4.69) is 15.2 Å². The highest BCUT2D eigenvalue weighted by atomic mass is 32.2. The second kappa shape index (κ2) is 8.20. The molecule has 2 aliphatic heterocycles. The van der Waals surface area contributed by atoms with Crippen molar-refractivity contribution in [1.29, 1.82) is 0 Å². The summed E-state index contributed by atoms with van der Waals surface area (Å²) in [6, 6.07) is 1.65. The van der Waals surface area contributed by atoms with Gasteiger partial charge in [-0.25, -0.2) is 17.5 Å². The maximum absolute atomic E-state index is 14.8. The first-order valence-corrected chi connectivity index (χ1v) is 13.9. The summed E-state index contributed by atoms with van der Waals surface area (Å²) in [4.78, 5) is 17.6. The van der Waals surface area contributed by atoms with Crippen LogP contribution in [0.2, 0.25) is 0 Å². The molecule has 0 bridgehead atoms. The van der Waals surface area contributed by atoms with Crippen molar-refractivity contribution in [2.24, 2.45) is 0 Å². The van der Waals surface area contributed by atoms with Gasteiger partial charge in [0.1, 0.15) is 18.1 Å². The SMILES string of the molecule is CS(=O)(=O)C1CN(c2nn(CC3(F)CC3)c3cc(-c4nn(C5CCCCO5)cc4[N+](=O)[O-])ncc23)C1. The molecule has 14 heteroatoms. The quantitative estimate of drug-likeness (QED) is 0.340. The Kier molecular flexibility index (Phi) is 5.30. The van der Waals surface area contributed by atoms with E-state index in [0.717, 1.165) is 12.8 Å². The monoisotopic (exact) mass is 519 g/mol. The van der Waals surface area contributed by atoms with Crippen molar-refractivity contribution >= 4 is 32.2 Å². The molecule has 0 amide bonds. The van der Waals surface area contributed by atoms with Crippen LogP contribution in [0.15, 0.2) is 18.5 Å². The molecule has 3 aromatic rings. The number of hydrogen-bond acceptors (Lipinski definition) is 9. The first-order chi connectivity index (χ1) is 17.1. The van der Waals surface area contributed by atoms with Crippen molar-refractivity contribution in [3.8, 4) is 11.4 Å². The van der Waals surface area contributed by atoms with Gasteiger partial charge >= 0.3 is 5.69 Å². The van der Waals surface area contributed by atoms with E-state index in [1.807, 2.05) is 4.90 Å². The largest absolute Gasteiger partial charge is 0.357 e. The molecule has 2 saturated heterocycles. The van der Waals surface area contributed by atoms with Gasteiger partial charge in [-0.2, -0.15) is 10.2 Å². The van der Waals surface area contributed by atoms with Crippen molar-refractivity contribution in [3.05, 3.63) is 28.6 Å². The highest BCUT2D eigenvalue weighted by Gasteiger charge is 2.45. The summed E-state index contributed by atoms with van der Waals surface area (Å²) in [5, 5.41) is 21.1. The van der Waals surface area contributed by atoms with Gasteiger partial charge in [0.2, 0.25) is 0 Å². The molecule has 0 radical (unpaired) electrons. The van der Waals surface area contributed by atoms with Crippen molar-refractivity contribution in [2.75, 3.05) is 30.9 Å². The molecular formula is C22H26FN7O5S. The Hall–Kier alpha value is -3.13. The minimum Gasteiger partial charge on any atom is -0.357 e. The lowest BCUT2D eigenvalue weighted by molar-refractivity contribution is -0.384. The van der Waals surface area contributed by atoms with Gasteiger partial charge in [0.25, 0.3) is 0 Å². The second-order valence-electron chi connectivity index (χ2n) is 10.00. The predicted molar refractivity (Wildman–Crippen MR) is 128 cm³/mol. The number of nitro groups is 1. The zero-order valence-electron chi connectivity index (χ0n) is 19.7. The lowest BCUT2D eigenvalue weighted by Gasteiger charge is -2.38. The number of sulfone groups is 1. The number of halogens is 1. The fourth-order valence-electron chi connectivity index (χ4n) is 4.76. The fraction of sp³-hybridized carbons (Fsp3) is 0.591. The van der Waals surface area contributed by atoms with E-state index in [9.17, 15) is 22.9 Å². The van der Waals surface area contributed by atoms with Crippen molar-refractivity contribution in [1.82, 2.24) is 24.5 Å². The standard InChI is InChI=1S/C22H26FN7O5S/c1-36(33,34)14-10-27(11-14)21-15-9-24-16(8-17(15)29(26-21)13-22(23)5-6-22)20-18(30(31)32)12-28(25-20)19-4-2-3-7-35-19/h8-9,12,14,19H,2-7,10-11,13H2,1H3. The van der Waals surface area contributed by atoms with Crippen molar-refractivity contribution in [3.63, 3.8) is 0 Å². The summed E-state index contributed by atoms with van der Waals surface area (Å²) >= 11 is 0. The van der Waals surface area contributed by atoms with E-state index < -0.39 is 25.7 Å². The lowest BCUT2D eigenvalue weighted by atomic mass is 10.1. The van der Waals surface area contributed by atoms with E-state index in [1.165, 1.54) is 17.1 Å². The first kappa shape index (κ1) is 23.3. The number of aromatic nitrogens is 5. The van der Waals surface area contributed by atoms with Gasteiger partial charge in [-0.15, -0.1) is 0 Å². The average Bonchev–Trinajstić information content (AvgIpc) is 3.22. The van der Waals surface area contributed by atoms with Crippen LogP contribution in [0, 0.1) is 10.1 Å². The van der Waals surface area contributed by atoms with Crippen molar-refractivity contribution < 1.29 is 22.5 Å². The number of pyridine rings is 1. The van der Waals surface area contributed by atoms with Gasteiger partial charge in [0, 0.05) is 32.1 Å². The summed E-state index contributed by atoms with van der Waals surface area (Å²) in [5.74, 6) is 0.531. The van der Waals surface area contributed by atoms with Crippen LogP contribution in [0.5, 0.6) is 0 Å². The number of fused-ring (bicyclic) bond motifs is 1. The van der Waals surface area contributed by atoms with E-state index in [0.29, 0.717) is 55.7 Å². The van der Waals surface area contributed by atoms with Crippen molar-refractivity contribution in [2.45, 2.75) is 55.8 Å². The van der Waals surface area contributed by atoms with Gasteiger partial charge in [-0.3, -0.25) is 19.8 Å². The van der Waals surface area contributed by atoms with Crippen LogP contribution in [-0.4, -0.2) is 74.8 Å². The second-order valence-corrected chi connectivity index (χ2v) is 12.3. The van der Waals surface area contributed by atoms with Crippen LogP contribution in [0.1, 0.15) is 38.3 Å². The highest BCUT2D eigenvalue weighted by Crippen LogP contribution is 2.43. The minimum absolute atomic E-state index is 0.0444. The fourth-order valence-corrected chi connectivity index (χ4v) is 5.66. The molecule has 3 fully saturated rings. The highest BCUT2D eigenvalue weighted by molar-refractivity contribution is 7.91. The Bertz CT molecular complexity index is 1450. The molecule has 1 aliphatic carbocycles. The summed E-state index contributed by atoms with van der Waals surface area (Å²) in [6.07, 6.45) is 7.24. The lowest BCUT2D eigenvalue weighted by Crippen LogP contribution is -2.54. The third-order valence-electron chi connectivity index (χ3n) is 7.20. The van der Waals surface area contributed by atoms with Gasteiger partial charge < -0.3 is 9.64 Å². The molecule has 1 unspecified atom stereocenters. The molecule has 6 rings (SSSR count). The molecule has 0 spiro atoms. The maximum atomic E-state index is 14.8. The van der Waals surface area contributed by atoms with E-state index >= 15 is 0 Å². The maximum Gasteiger partial charge on any atom is 0.316 e. The van der Waals surface area contributed by atoms with Gasteiger partial charge in [0.05, 0.1) is 33.3 Å². The molecule has 3 aromatic heterocycles. The molecule has 1 atom stereocenters. The van der Waals surface area contributed by atoms with Gasteiger partial charge in [-0.1, -0.05) is 0 Å². The smallest absolute Gasteiger partial charge is 0.316 e. The van der Waals surface area contributed by atoms with E-state index in [1.54, 1.807) is 16.9 Å². The molecule has 0 aromatic carbocycles. The molecule has 12 nitrogen and oxygen atoms in total. The average molecular weight is 520 g/mol. The Morgan fingerprint density at radius 3 is 2.69 bits per heavy atom. The predicted octanol–water partition coefficient (Wildman–Crippen LogP) is 2.64. The molecule has 0 N–H and O–H groups in total. The normalized spacial score (nSPS) is 22.1. The van der Waals surface area contributed by atoms with Crippen LogP contribution < -0.4 is 4.90 Å². The Morgan fingerprint density at radius 1 is 1.28 bits per heavy atom. The minimum atomic E-state index is -3.17. The molecule has 36 heavy (non-hydrogen) atoms. The van der Waals surface area contributed by atoms with Crippen LogP contribution in [0.3, 0.4) is 0 Å². The molecular weight excluding hydrogens is 493 g/mol. The third-order valence-corrected chi connectivity index (χ3v) is 8.71.